The first-order chi connectivity index (χ1) is 17.1. The van der Waals surface area contributed by atoms with E-state index in [1.54, 1.807) is 6.08 Å². The number of aryl methyl sites for hydroxylation is 1. The second-order valence-electron chi connectivity index (χ2n) is 8.31. The number of rotatable bonds is 9. The molecule has 0 spiro atoms. The molecule has 0 bridgehead atoms. The van der Waals surface area contributed by atoms with E-state index >= 15 is 0 Å². The largest absolute Gasteiger partial charge is 0.385 e. The molecule has 0 radical (unpaired) electrons. The molecular weight excluding hydrogens is 422 g/mol. The Bertz CT molecular complexity index is 1150. The summed E-state index contributed by atoms with van der Waals surface area (Å²) in [5.41, 5.74) is 10.6. The van der Waals surface area contributed by atoms with Gasteiger partial charge in [-0.05, 0) is 77.8 Å². The minimum atomic E-state index is 0.393. The van der Waals surface area contributed by atoms with E-state index in [0.29, 0.717) is 5.92 Å². The second kappa shape index (κ2) is 14.4. The Morgan fingerprint density at radius 2 is 1.66 bits per heavy atom. The molecule has 3 aromatic rings. The van der Waals surface area contributed by atoms with Crippen LogP contribution in [-0.2, 0) is 6.42 Å². The Balaban J connectivity index is 0.000000248. The summed E-state index contributed by atoms with van der Waals surface area (Å²) in [6.45, 7) is 22.6. The van der Waals surface area contributed by atoms with Gasteiger partial charge in [-0.3, -0.25) is 0 Å². The number of hydrogen-bond donors (Lipinski definition) is 1. The van der Waals surface area contributed by atoms with Gasteiger partial charge in [-0.25, -0.2) is 0 Å². The van der Waals surface area contributed by atoms with Gasteiger partial charge in [0, 0.05) is 18.2 Å². The van der Waals surface area contributed by atoms with Gasteiger partial charge in [0.05, 0.1) is 0 Å². The number of fused-ring (bicyclic) bond motifs is 1. The van der Waals surface area contributed by atoms with Crippen LogP contribution in [0.4, 0.5) is 5.69 Å². The summed E-state index contributed by atoms with van der Waals surface area (Å²) < 4.78 is 0. The first kappa shape index (κ1) is 27.4. The molecule has 1 heteroatoms. The monoisotopic (exact) mass is 461 g/mol. The third kappa shape index (κ3) is 7.86. The molecule has 1 N–H and O–H groups in total. The van der Waals surface area contributed by atoms with E-state index < -0.39 is 0 Å². The normalized spacial score (nSPS) is 11.9. The van der Waals surface area contributed by atoms with Crippen molar-refractivity contribution in [3.63, 3.8) is 0 Å². The van der Waals surface area contributed by atoms with Gasteiger partial charge in [0.15, 0.2) is 0 Å². The molecule has 35 heavy (non-hydrogen) atoms. The fourth-order valence-electron chi connectivity index (χ4n) is 4.11. The van der Waals surface area contributed by atoms with Crippen molar-refractivity contribution in [2.24, 2.45) is 0 Å². The predicted molar refractivity (Wildman–Crippen MR) is 157 cm³/mol. The highest BCUT2D eigenvalue weighted by atomic mass is 14.8. The van der Waals surface area contributed by atoms with Crippen molar-refractivity contribution < 1.29 is 0 Å². The Hall–Kier alpha value is -3.84. The molecule has 1 aliphatic rings. The summed E-state index contributed by atoms with van der Waals surface area (Å²) in [6.07, 6.45) is 9.78. The van der Waals surface area contributed by atoms with E-state index in [4.69, 9.17) is 0 Å². The maximum absolute atomic E-state index is 3.92. The molecule has 0 amide bonds. The molecule has 0 aliphatic heterocycles. The van der Waals surface area contributed by atoms with Crippen molar-refractivity contribution in [2.75, 3.05) is 11.9 Å². The molecule has 3 aromatic carbocycles. The van der Waals surface area contributed by atoms with Crippen LogP contribution in [0.5, 0.6) is 0 Å². The van der Waals surface area contributed by atoms with Gasteiger partial charge >= 0.3 is 0 Å². The standard InChI is InChI=1S/C19H23N.C13H12.C2H4/c1-4-8-19(18-10-7-6-9-15(18)3)16-11-13-17(14-12-16)20-5-2;1-3-5-10(4-2)11-6-7-12-9-13(12)8-11;1-2/h4,6-7,9-14,19-20H,1,5,8H2,2-3H3;3-8H,1-2,9H2;1-2H2/b;10-5+;. The van der Waals surface area contributed by atoms with E-state index in [2.05, 4.69) is 119 Å². The smallest absolute Gasteiger partial charge is 0.0340 e. The van der Waals surface area contributed by atoms with Crippen LogP contribution in [-0.4, -0.2) is 6.54 Å². The highest BCUT2D eigenvalue weighted by Crippen LogP contribution is 2.32. The number of allylic oxidation sites excluding steroid dienone is 5. The van der Waals surface area contributed by atoms with E-state index in [1.165, 1.54) is 45.5 Å². The fourth-order valence-corrected chi connectivity index (χ4v) is 4.11. The average molecular weight is 462 g/mol. The van der Waals surface area contributed by atoms with E-state index in [1.807, 2.05) is 18.2 Å². The molecule has 180 valence electrons. The predicted octanol–water partition coefficient (Wildman–Crippen LogP) is 9.28. The summed E-state index contributed by atoms with van der Waals surface area (Å²) >= 11 is 0. The Labute approximate surface area is 212 Å². The summed E-state index contributed by atoms with van der Waals surface area (Å²) in [5.74, 6) is 0.393. The quantitative estimate of drug-likeness (QED) is 0.193. The summed E-state index contributed by atoms with van der Waals surface area (Å²) in [6, 6.07) is 23.9. The lowest BCUT2D eigenvalue weighted by Crippen LogP contribution is -2.03. The molecule has 0 saturated carbocycles. The van der Waals surface area contributed by atoms with Crippen molar-refractivity contribution in [3.05, 3.63) is 157 Å². The van der Waals surface area contributed by atoms with Crippen LogP contribution in [0.25, 0.3) is 5.57 Å². The van der Waals surface area contributed by atoms with Gasteiger partial charge < -0.3 is 5.32 Å². The summed E-state index contributed by atoms with van der Waals surface area (Å²) in [7, 11) is 0. The zero-order valence-corrected chi connectivity index (χ0v) is 21.4. The molecule has 1 atom stereocenters. The number of hydrogen-bond acceptors (Lipinski definition) is 1. The van der Waals surface area contributed by atoms with Gasteiger partial charge in [0.25, 0.3) is 0 Å². The van der Waals surface area contributed by atoms with Crippen molar-refractivity contribution in [1.82, 2.24) is 0 Å². The average Bonchev–Trinajstić information content (AvgIpc) is 3.68. The third-order valence-electron chi connectivity index (χ3n) is 5.97. The lowest BCUT2D eigenvalue weighted by Gasteiger charge is -2.19. The molecule has 4 rings (SSSR count). The minimum Gasteiger partial charge on any atom is -0.385 e. The zero-order chi connectivity index (χ0) is 25.6. The zero-order valence-electron chi connectivity index (χ0n) is 21.4. The molecule has 0 fully saturated rings. The highest BCUT2D eigenvalue weighted by Gasteiger charge is 2.16. The molecule has 0 saturated heterocycles. The van der Waals surface area contributed by atoms with Gasteiger partial charge in [-0.2, -0.15) is 0 Å². The van der Waals surface area contributed by atoms with Crippen LogP contribution in [0.2, 0.25) is 0 Å². The van der Waals surface area contributed by atoms with Crippen molar-refractivity contribution in [2.45, 2.75) is 32.6 Å². The van der Waals surface area contributed by atoms with Gasteiger partial charge in [0.2, 0.25) is 0 Å². The van der Waals surface area contributed by atoms with Crippen LogP contribution in [0.1, 0.15) is 52.6 Å². The molecule has 1 nitrogen and oxygen atoms in total. The van der Waals surface area contributed by atoms with Crippen molar-refractivity contribution >= 4 is 11.3 Å². The molecule has 0 aromatic heterocycles. The van der Waals surface area contributed by atoms with Crippen LogP contribution in [0.3, 0.4) is 0 Å². The Morgan fingerprint density at radius 3 is 2.23 bits per heavy atom. The van der Waals surface area contributed by atoms with Gasteiger partial charge in [0.1, 0.15) is 0 Å². The first-order valence-corrected chi connectivity index (χ1v) is 12.2. The van der Waals surface area contributed by atoms with Gasteiger partial charge in [-0.15, -0.1) is 19.7 Å². The maximum atomic E-state index is 3.92. The van der Waals surface area contributed by atoms with Crippen LogP contribution in [0, 0.1) is 6.92 Å². The molecular formula is C34H39N. The lowest BCUT2D eigenvalue weighted by molar-refractivity contribution is 0.823. The molecule has 1 unspecified atom stereocenters. The van der Waals surface area contributed by atoms with Crippen molar-refractivity contribution in [3.8, 4) is 0 Å². The number of benzene rings is 3. The lowest BCUT2D eigenvalue weighted by atomic mass is 9.86. The van der Waals surface area contributed by atoms with Crippen LogP contribution < -0.4 is 5.32 Å². The summed E-state index contributed by atoms with van der Waals surface area (Å²) in [4.78, 5) is 0. The minimum absolute atomic E-state index is 0.393. The third-order valence-corrected chi connectivity index (χ3v) is 5.97. The number of nitrogens with one attached hydrogen (secondary N) is 1. The maximum Gasteiger partial charge on any atom is 0.0340 e. The summed E-state index contributed by atoms with van der Waals surface area (Å²) in [5, 5.41) is 3.34. The highest BCUT2D eigenvalue weighted by molar-refractivity contribution is 5.76. The fraction of sp³-hybridized carbons (Fsp3) is 0.176. The van der Waals surface area contributed by atoms with E-state index in [-0.39, 0.29) is 0 Å². The van der Waals surface area contributed by atoms with E-state index in [0.717, 1.165) is 18.5 Å². The second-order valence-corrected chi connectivity index (χ2v) is 8.31. The Kier molecular flexibility index (Phi) is 11.3. The van der Waals surface area contributed by atoms with E-state index in [9.17, 15) is 0 Å². The SMILES string of the molecule is C=C.C=C/C=C(\C=C)c1ccc2c(c1)C2.C=CCC(c1ccc(NCC)cc1)c1ccccc1C. The van der Waals surface area contributed by atoms with Crippen LogP contribution >= 0.6 is 0 Å². The van der Waals surface area contributed by atoms with Crippen LogP contribution in [0.15, 0.2) is 124 Å². The molecule has 0 heterocycles. The van der Waals surface area contributed by atoms with Crippen molar-refractivity contribution in [1.29, 1.82) is 0 Å². The molecule has 1 aliphatic carbocycles. The first-order valence-electron chi connectivity index (χ1n) is 12.2. The topological polar surface area (TPSA) is 12.0 Å². The van der Waals surface area contributed by atoms with Gasteiger partial charge in [-0.1, -0.05) is 92.1 Å². The number of anilines is 1. The Morgan fingerprint density at radius 1 is 0.943 bits per heavy atom.